The number of carbonyl (C=O) groups excluding carboxylic acids is 5. The maximum absolute atomic E-state index is 14.1. The van der Waals surface area contributed by atoms with E-state index < -0.39 is 17.9 Å². The average Bonchev–Trinajstić information content (AvgIpc) is 4.19. The minimum Gasteiger partial charge on any atom is -0.497 e. The van der Waals surface area contributed by atoms with Crippen LogP contribution in [0.5, 0.6) is 11.5 Å². The van der Waals surface area contributed by atoms with E-state index in [9.17, 15) is 24.0 Å². The molecule has 1 fully saturated rings. The predicted octanol–water partition coefficient (Wildman–Crippen LogP) is 7.07. The number of nitrogens with zero attached hydrogens (tertiary/aromatic N) is 4. The number of aromatic amines is 2. The summed E-state index contributed by atoms with van der Waals surface area (Å²) in [5, 5.41) is 18.6. The second-order valence-electron chi connectivity index (χ2n) is 17.3. The average molecular weight is 957 g/mol. The molecule has 0 saturated carbocycles. The molecule has 70 heavy (non-hydrogen) atoms. The van der Waals surface area contributed by atoms with Gasteiger partial charge in [0.1, 0.15) is 24.7 Å². The van der Waals surface area contributed by atoms with E-state index in [2.05, 4.69) is 60.1 Å². The van der Waals surface area contributed by atoms with Gasteiger partial charge in [0.25, 0.3) is 11.8 Å². The number of methoxy groups -OCH3 is 1. The maximum Gasteiger partial charge on any atom is 0.322 e. The number of nitrogens with one attached hydrogen (secondary N) is 6. The van der Waals surface area contributed by atoms with E-state index in [0.717, 1.165) is 56.0 Å². The van der Waals surface area contributed by atoms with Crippen LogP contribution in [-0.2, 0) is 25.7 Å². The summed E-state index contributed by atoms with van der Waals surface area (Å²) < 4.78 is 17.3. The van der Waals surface area contributed by atoms with Crippen LogP contribution in [-0.4, -0.2) is 132 Å². The second-order valence-corrected chi connectivity index (χ2v) is 17.3. The summed E-state index contributed by atoms with van der Waals surface area (Å²) in [7, 11) is 1.57. The third-order valence-corrected chi connectivity index (χ3v) is 12.6. The first-order valence-corrected chi connectivity index (χ1v) is 23.9. The highest BCUT2D eigenvalue weighted by molar-refractivity contribution is 6.35. The topological polar surface area (TPSA) is 215 Å². The Labute approximate surface area is 408 Å². The Morgan fingerprint density at radius 3 is 2.49 bits per heavy atom. The number of urea groups is 1. The number of hydrogen-bond donors (Lipinski definition) is 6. The van der Waals surface area contributed by atoms with Gasteiger partial charge in [-0.15, -0.1) is 0 Å². The molecule has 2 aliphatic heterocycles. The lowest BCUT2D eigenvalue weighted by atomic mass is 10.0. The number of rotatable bonds is 23. The van der Waals surface area contributed by atoms with Gasteiger partial charge >= 0.3 is 12.0 Å². The molecule has 5 amide bonds. The molecule has 5 aromatic rings. The zero-order chi connectivity index (χ0) is 49.6. The van der Waals surface area contributed by atoms with Crippen molar-refractivity contribution in [2.75, 3.05) is 88.6 Å². The molecule has 1 saturated heterocycles. The Morgan fingerprint density at radius 1 is 0.914 bits per heavy atom. The zero-order valence-electron chi connectivity index (χ0n) is 40.7. The molecule has 0 unspecified atom stereocenters. The molecule has 6 N–H and O–H groups in total. The molecular weight excluding hydrogens is 893 g/mol. The molecular formula is C52H64N10O8. The Morgan fingerprint density at radius 2 is 1.73 bits per heavy atom. The maximum atomic E-state index is 14.1. The van der Waals surface area contributed by atoms with Crippen molar-refractivity contribution in [1.29, 1.82) is 0 Å². The molecule has 7 rings (SSSR count). The second kappa shape index (κ2) is 24.2. The van der Waals surface area contributed by atoms with Crippen LogP contribution < -0.4 is 30.7 Å². The summed E-state index contributed by atoms with van der Waals surface area (Å²) >= 11 is 0. The van der Waals surface area contributed by atoms with Crippen LogP contribution in [0, 0.1) is 13.8 Å². The number of H-pyrrole nitrogens is 2. The van der Waals surface area contributed by atoms with Crippen molar-refractivity contribution in [3.63, 3.8) is 0 Å². The van der Waals surface area contributed by atoms with Crippen LogP contribution >= 0.6 is 0 Å². The molecule has 2 aliphatic rings. The van der Waals surface area contributed by atoms with E-state index in [4.69, 9.17) is 14.2 Å². The fraction of sp³-hybridized carbons (Fsp3) is 0.385. The number of likely N-dealkylation sites (tertiary alicyclic amines) is 1. The molecule has 0 atom stereocenters. The van der Waals surface area contributed by atoms with Crippen molar-refractivity contribution in [1.82, 2.24) is 35.2 Å². The molecule has 0 radical (unpaired) electrons. The summed E-state index contributed by atoms with van der Waals surface area (Å²) in [5.74, 6) is -0.396. The van der Waals surface area contributed by atoms with Crippen LogP contribution in [0.25, 0.3) is 22.8 Å². The van der Waals surface area contributed by atoms with Crippen molar-refractivity contribution in [3.8, 4) is 22.6 Å². The monoisotopic (exact) mass is 956 g/mol. The number of fused-ring (bicyclic) bond motifs is 1. The number of hydrogen-bond acceptors (Lipinski definition) is 11. The summed E-state index contributed by atoms with van der Waals surface area (Å²) in [4.78, 5) is 76.0. The Balaban J connectivity index is 0.949. The molecule has 0 bridgehead atoms. The van der Waals surface area contributed by atoms with Crippen LogP contribution in [0.15, 0.2) is 73.1 Å². The van der Waals surface area contributed by atoms with Gasteiger partial charge in [0.15, 0.2) is 0 Å². The van der Waals surface area contributed by atoms with Gasteiger partial charge in [-0.25, -0.2) is 4.79 Å². The Hall–Kier alpha value is -7.44. The first kappa shape index (κ1) is 50.4. The van der Waals surface area contributed by atoms with Gasteiger partial charge in [-0.05, 0) is 118 Å². The van der Waals surface area contributed by atoms with E-state index in [-0.39, 0.29) is 44.4 Å². The number of carbonyl (C=O) groups is 5. The molecule has 3 aromatic carbocycles. The van der Waals surface area contributed by atoms with Gasteiger partial charge in [0, 0.05) is 72.7 Å². The van der Waals surface area contributed by atoms with Gasteiger partial charge in [-0.2, -0.15) is 5.10 Å². The van der Waals surface area contributed by atoms with Crippen LogP contribution in [0.4, 0.5) is 21.9 Å². The minimum atomic E-state index is -0.608. The summed E-state index contributed by atoms with van der Waals surface area (Å²) in [6.45, 7) is 14.3. The number of ether oxygens (including phenoxy) is 3. The highest BCUT2D eigenvalue weighted by atomic mass is 16.5. The van der Waals surface area contributed by atoms with Crippen LogP contribution in [0.1, 0.15) is 78.0 Å². The molecule has 4 heterocycles. The number of amides is 5. The largest absolute Gasteiger partial charge is 0.497 e. The molecule has 18 heteroatoms. The molecule has 370 valence electrons. The van der Waals surface area contributed by atoms with Crippen molar-refractivity contribution >= 4 is 58.4 Å². The zero-order valence-corrected chi connectivity index (χ0v) is 40.7. The normalized spacial score (nSPS) is 13.8. The summed E-state index contributed by atoms with van der Waals surface area (Å²) in [6, 6.07) is 17.6. The quantitative estimate of drug-likeness (QED) is 0.0288. The van der Waals surface area contributed by atoms with Gasteiger partial charge in [-0.3, -0.25) is 29.2 Å². The van der Waals surface area contributed by atoms with Crippen molar-refractivity contribution in [2.45, 2.75) is 59.9 Å². The number of aryl methyl sites for hydroxylation is 1. The molecule has 0 aliphatic carbocycles. The lowest BCUT2D eigenvalue weighted by molar-refractivity contribution is -0.144. The predicted molar refractivity (Wildman–Crippen MR) is 270 cm³/mol. The number of aromatic nitrogens is 3. The number of likely N-dealkylation sites (N-methyl/N-ethyl adjacent to an activating group) is 1. The van der Waals surface area contributed by atoms with Gasteiger partial charge in [0.05, 0.1) is 43.1 Å². The molecule has 18 nitrogen and oxygen atoms in total. The van der Waals surface area contributed by atoms with Gasteiger partial charge in [0.2, 0.25) is 5.91 Å². The van der Waals surface area contributed by atoms with Crippen molar-refractivity contribution in [2.24, 2.45) is 0 Å². The van der Waals surface area contributed by atoms with Crippen molar-refractivity contribution < 1.29 is 38.2 Å². The van der Waals surface area contributed by atoms with Crippen LogP contribution in [0.3, 0.4) is 0 Å². The number of esters is 1. The molecule has 2 aromatic heterocycles. The van der Waals surface area contributed by atoms with E-state index >= 15 is 0 Å². The minimum absolute atomic E-state index is 0.0456. The SMILES string of the molecule is CCN(CC)CCNC(=O)c1c(C)[nH]c(/C=C2\C(=O)Nc3ccc(NC(=O)CCC(=O)OCCN(Cc4cccc(OC)c4)C(=O)Nc4ccc(-c5cn[nH]c5)cc4OCCN4CCCC4)cc32)c1C. The highest BCUT2D eigenvalue weighted by Crippen LogP contribution is 2.36. The van der Waals surface area contributed by atoms with E-state index in [1.165, 1.54) is 17.7 Å². The smallest absolute Gasteiger partial charge is 0.322 e. The van der Waals surface area contributed by atoms with Gasteiger partial charge < -0.3 is 50.3 Å². The Bertz CT molecular complexity index is 2670. The lowest BCUT2D eigenvalue weighted by Crippen LogP contribution is -2.37. The van der Waals surface area contributed by atoms with E-state index in [1.54, 1.807) is 49.8 Å². The molecule has 0 spiro atoms. The standard InChI is InChI=1S/C52H64N10O8/c1-6-60(7-2)22-19-53-51(66)49-34(3)45(56-35(49)4)30-42-41-29-39(14-16-43(41)58-50(42)65)57-47(63)17-18-48(64)70-26-24-62(33-36-11-10-12-40(27-36)68-5)52(67)59-44-15-13-37(38-31-54-55-32-38)28-46(44)69-25-23-61-20-8-9-21-61/h10-16,27-32,56H,6-9,17-26,33H2,1-5H3,(H,53,66)(H,54,55)(H,57,63)(H,58,65)(H,59,67)/b42-30-. The summed E-state index contributed by atoms with van der Waals surface area (Å²) in [5.41, 5.74) is 7.55. The van der Waals surface area contributed by atoms with Gasteiger partial charge in [-0.1, -0.05) is 32.0 Å². The van der Waals surface area contributed by atoms with Crippen molar-refractivity contribution in [3.05, 3.63) is 107 Å². The third kappa shape index (κ3) is 13.2. The Kier molecular flexibility index (Phi) is 17.4. The fourth-order valence-electron chi connectivity index (χ4n) is 8.61. The number of benzene rings is 3. The number of anilines is 3. The summed E-state index contributed by atoms with van der Waals surface area (Å²) in [6.07, 6.45) is 7.19. The first-order valence-electron chi connectivity index (χ1n) is 23.9. The van der Waals surface area contributed by atoms with Crippen LogP contribution in [0.2, 0.25) is 0 Å². The fourth-order valence-corrected chi connectivity index (χ4v) is 8.61. The van der Waals surface area contributed by atoms with E-state index in [1.807, 2.05) is 50.2 Å². The lowest BCUT2D eigenvalue weighted by Gasteiger charge is -2.24. The van der Waals surface area contributed by atoms with E-state index in [0.29, 0.717) is 75.4 Å². The first-order chi connectivity index (χ1) is 33.9. The third-order valence-electron chi connectivity index (χ3n) is 12.6. The highest BCUT2D eigenvalue weighted by Gasteiger charge is 2.27.